The van der Waals surface area contributed by atoms with Crippen molar-refractivity contribution in [3.05, 3.63) is 184 Å². The van der Waals surface area contributed by atoms with Crippen LogP contribution in [0.3, 0.4) is 0 Å². The van der Waals surface area contributed by atoms with E-state index in [0.29, 0.717) is 72.7 Å². The Labute approximate surface area is 431 Å². The molecule has 3 aliphatic rings. The summed E-state index contributed by atoms with van der Waals surface area (Å²) in [7, 11) is 0. The fraction of sp³-hybridized carbons (Fsp3) is 0.211. The first-order valence-electron chi connectivity index (χ1n) is 24.3. The van der Waals surface area contributed by atoms with E-state index in [9.17, 15) is 42.3 Å². The van der Waals surface area contributed by atoms with Crippen LogP contribution in [-0.4, -0.2) is 65.1 Å². The number of rotatable bonds is 16. The number of alkyl halides is 3. The number of hydrogen-bond acceptors (Lipinski definition) is 11. The third-order valence-electron chi connectivity index (χ3n) is 13.2. The summed E-state index contributed by atoms with van der Waals surface area (Å²) in [5.41, 5.74) is 2.99. The second-order valence-corrected chi connectivity index (χ2v) is 18.5. The number of hydrogen-bond donors (Lipinski definition) is 5. The molecule has 0 aliphatic carbocycles. The predicted molar refractivity (Wildman–Crippen MR) is 269 cm³/mol. The average Bonchev–Trinajstić information content (AvgIpc) is 3.90. The third kappa shape index (κ3) is 10.2. The summed E-state index contributed by atoms with van der Waals surface area (Å²) in [5.74, 6) is -3.75. The molecule has 0 saturated heterocycles. The van der Waals surface area contributed by atoms with Gasteiger partial charge in [-0.05, 0) is 103 Å². The number of carbonyl (C=O) groups excluding carboxylic acids is 5. The number of benzene rings is 6. The molecule has 15 nitrogen and oxygen atoms in total. The molecule has 0 saturated carbocycles. The van der Waals surface area contributed by atoms with Gasteiger partial charge in [0.25, 0.3) is 5.91 Å². The van der Waals surface area contributed by atoms with Crippen molar-refractivity contribution in [3.63, 3.8) is 0 Å². The smallest absolute Gasteiger partial charge is 0.471 e. The van der Waals surface area contributed by atoms with Gasteiger partial charge in [-0.25, -0.2) is 19.0 Å². The molecule has 386 valence electrons. The lowest BCUT2D eigenvalue weighted by Crippen LogP contribution is -2.44. The van der Waals surface area contributed by atoms with Crippen LogP contribution in [0.1, 0.15) is 91.6 Å². The number of phenols is 1. The van der Waals surface area contributed by atoms with Gasteiger partial charge in [0.1, 0.15) is 34.8 Å². The molecule has 5 N–H and O–H groups in total. The standard InChI is InChI=1S/C57H46F4N6O9/c1-32(68)63-37-15-20-41-49(29-37)75-50-30-38(64-55(73)57(59,60)61)16-21-42(50)56(41)43-28-36(14-19-40(43)54(72)76-56)52(70)62-23-7-2-3-8-24-74-48-22-11-34(25-44(48)58)27-46-53(71)67-31-47(35-12-17-39(69)18-13-35)65-45(51(67)66-46)26-33-9-5-4-6-10-33/h4-6,9-22,25,28-31,46H,2-3,7-8,23-24,26-27H2,1H3,(H4,62,63,64,68,69,70,73)/p+1. The number of anilines is 3. The van der Waals surface area contributed by atoms with Crippen molar-refractivity contribution in [2.75, 3.05) is 29.1 Å². The van der Waals surface area contributed by atoms with Crippen LogP contribution in [0.15, 0.2) is 134 Å². The van der Waals surface area contributed by atoms with Crippen LogP contribution in [0.5, 0.6) is 23.0 Å². The fourth-order valence-electron chi connectivity index (χ4n) is 9.61. The zero-order valence-electron chi connectivity index (χ0n) is 40.6. The summed E-state index contributed by atoms with van der Waals surface area (Å²) >= 11 is 0. The highest BCUT2D eigenvalue weighted by Gasteiger charge is 2.54. The first kappa shape index (κ1) is 50.4. The van der Waals surface area contributed by atoms with E-state index in [1.807, 2.05) is 30.3 Å². The SMILES string of the molecule is CC(=O)Nc1ccc2c(c1)Oc1cc(NC(=O)C(F)(F)F)ccc1C21OC(=O)c2ccc(C(=O)NCCCCCCOc3ccc(CC4Nc5c(Cc6ccccc6)nc(-c6ccc(O)cc6)c[n+]5C4=O)cc3F)cc21. The monoisotopic (exact) mass is 1040 g/mol. The van der Waals surface area contributed by atoms with Crippen molar-refractivity contribution >= 4 is 46.8 Å². The van der Waals surface area contributed by atoms with Gasteiger partial charge in [-0.15, -0.1) is 0 Å². The number of ether oxygens (including phenoxy) is 3. The summed E-state index contributed by atoms with van der Waals surface area (Å²) < 4.78 is 74.5. The first-order valence-corrected chi connectivity index (χ1v) is 24.3. The normalized spacial score (nSPS) is 15.8. The Morgan fingerprint density at radius 1 is 0.803 bits per heavy atom. The van der Waals surface area contributed by atoms with E-state index in [-0.39, 0.29) is 69.9 Å². The van der Waals surface area contributed by atoms with Gasteiger partial charge >= 0.3 is 29.8 Å². The summed E-state index contributed by atoms with van der Waals surface area (Å²) in [6, 6.07) is 33.1. The van der Waals surface area contributed by atoms with E-state index in [0.717, 1.165) is 17.2 Å². The summed E-state index contributed by atoms with van der Waals surface area (Å²) in [6.07, 6.45) is -0.201. The topological polar surface area (TPSA) is 198 Å². The number of aromatic hydroxyl groups is 1. The van der Waals surface area contributed by atoms with E-state index < -0.39 is 47.3 Å². The number of fused-ring (bicyclic) bond motifs is 7. The molecule has 7 aromatic rings. The number of nitrogens with one attached hydrogen (secondary N) is 4. The summed E-state index contributed by atoms with van der Waals surface area (Å²) in [4.78, 5) is 69.6. The largest absolute Gasteiger partial charge is 0.508 e. The first-order chi connectivity index (χ1) is 36.5. The van der Waals surface area contributed by atoms with Gasteiger partial charge in [0.05, 0.1) is 12.2 Å². The molecular weight excluding hydrogens is 989 g/mol. The predicted octanol–water partition coefficient (Wildman–Crippen LogP) is 9.54. The molecule has 1 aromatic heterocycles. The minimum Gasteiger partial charge on any atom is -0.508 e. The molecule has 2 unspecified atom stereocenters. The molecular formula is C57H47F4N6O9+. The molecule has 4 heterocycles. The number of carbonyl (C=O) groups is 5. The van der Waals surface area contributed by atoms with Crippen LogP contribution >= 0.6 is 0 Å². The molecule has 3 amide bonds. The molecule has 0 radical (unpaired) electrons. The average molecular weight is 1040 g/mol. The Bertz CT molecular complexity index is 3470. The highest BCUT2D eigenvalue weighted by Crippen LogP contribution is 2.57. The second kappa shape index (κ2) is 20.6. The maximum Gasteiger partial charge on any atom is 0.471 e. The highest BCUT2D eigenvalue weighted by molar-refractivity contribution is 6.01. The number of amides is 3. The quantitative estimate of drug-likeness (QED) is 0.0267. The number of esters is 1. The zero-order chi connectivity index (χ0) is 53.3. The minimum absolute atomic E-state index is 0.0518. The Balaban J connectivity index is 0.737. The van der Waals surface area contributed by atoms with Gasteiger partial charge in [-0.2, -0.15) is 17.7 Å². The van der Waals surface area contributed by atoms with Gasteiger partial charge in [0, 0.05) is 77.6 Å². The number of phenolic OH excluding ortho intramolecular Hbond substituents is 1. The van der Waals surface area contributed by atoms with Gasteiger partial charge in [0.15, 0.2) is 23.2 Å². The van der Waals surface area contributed by atoms with Crippen LogP contribution in [-0.2, 0) is 32.8 Å². The lowest BCUT2D eigenvalue weighted by molar-refractivity contribution is -0.552. The lowest BCUT2D eigenvalue weighted by atomic mass is 9.77. The third-order valence-corrected chi connectivity index (χ3v) is 13.2. The van der Waals surface area contributed by atoms with E-state index >= 15 is 4.39 Å². The van der Waals surface area contributed by atoms with Gasteiger partial charge in [-0.3, -0.25) is 19.7 Å². The van der Waals surface area contributed by atoms with Crippen molar-refractivity contribution in [1.82, 2.24) is 10.3 Å². The Hall–Kier alpha value is -9.13. The summed E-state index contributed by atoms with van der Waals surface area (Å²) in [5, 5.41) is 20.5. The van der Waals surface area contributed by atoms with Crippen molar-refractivity contribution in [3.8, 4) is 34.3 Å². The van der Waals surface area contributed by atoms with E-state index in [1.165, 1.54) is 49.4 Å². The molecule has 0 bridgehead atoms. The second-order valence-electron chi connectivity index (χ2n) is 18.5. The van der Waals surface area contributed by atoms with E-state index in [2.05, 4.69) is 16.0 Å². The number of aromatic nitrogens is 2. The van der Waals surface area contributed by atoms with Crippen molar-refractivity contribution < 1.29 is 65.4 Å². The minimum atomic E-state index is -5.17. The van der Waals surface area contributed by atoms with Crippen LogP contribution in [0.2, 0.25) is 0 Å². The molecule has 19 heteroatoms. The maximum absolute atomic E-state index is 15.4. The van der Waals surface area contributed by atoms with Gasteiger partial charge < -0.3 is 35.3 Å². The molecule has 76 heavy (non-hydrogen) atoms. The molecule has 2 atom stereocenters. The van der Waals surface area contributed by atoms with Gasteiger partial charge in [0.2, 0.25) is 5.91 Å². The Morgan fingerprint density at radius 3 is 2.21 bits per heavy atom. The summed E-state index contributed by atoms with van der Waals surface area (Å²) in [6.45, 7) is 1.84. The Kier molecular flexibility index (Phi) is 13.7. The molecule has 1 spiro atoms. The van der Waals surface area contributed by atoms with Crippen LogP contribution < -0.4 is 35.3 Å². The van der Waals surface area contributed by atoms with Crippen molar-refractivity contribution in [1.29, 1.82) is 0 Å². The van der Waals surface area contributed by atoms with Crippen LogP contribution in [0.4, 0.5) is 34.8 Å². The van der Waals surface area contributed by atoms with Crippen molar-refractivity contribution in [2.45, 2.75) is 63.3 Å². The van der Waals surface area contributed by atoms with E-state index in [1.54, 1.807) is 64.6 Å². The molecule has 0 fully saturated rings. The Morgan fingerprint density at radius 2 is 1.51 bits per heavy atom. The fourth-order valence-corrected chi connectivity index (χ4v) is 9.61. The molecule has 10 rings (SSSR count). The number of unbranched alkanes of at least 4 members (excludes halogenated alkanes) is 3. The van der Waals surface area contributed by atoms with E-state index in [4.69, 9.17) is 19.2 Å². The number of nitrogens with zero attached hydrogens (tertiary/aromatic N) is 2. The zero-order valence-corrected chi connectivity index (χ0v) is 40.6. The van der Waals surface area contributed by atoms with Crippen molar-refractivity contribution in [2.24, 2.45) is 0 Å². The van der Waals surface area contributed by atoms with Crippen LogP contribution in [0, 0.1) is 5.82 Å². The van der Waals surface area contributed by atoms with Crippen LogP contribution in [0.25, 0.3) is 11.3 Å². The highest BCUT2D eigenvalue weighted by atomic mass is 19.4. The molecule has 6 aromatic carbocycles. The van der Waals surface area contributed by atoms with Gasteiger partial charge in [-0.1, -0.05) is 49.2 Å². The number of halogens is 4. The lowest BCUT2D eigenvalue weighted by Gasteiger charge is -2.37. The maximum atomic E-state index is 15.4. The molecule has 3 aliphatic heterocycles.